The standard InChI is InChI=1S/C10H11ClO3/c11-9-3-8-5-13-6-14-10(8)4-7(9)1-2-12/h3-4,12H,1-2,5-6H2. The summed E-state index contributed by atoms with van der Waals surface area (Å²) in [4.78, 5) is 0. The van der Waals surface area contributed by atoms with Gasteiger partial charge in [-0.25, -0.2) is 0 Å². The molecule has 1 aromatic rings. The minimum absolute atomic E-state index is 0.0923. The Kier molecular flexibility index (Phi) is 2.91. The van der Waals surface area contributed by atoms with Crippen LogP contribution in [0.2, 0.25) is 5.02 Å². The van der Waals surface area contributed by atoms with E-state index < -0.39 is 0 Å². The summed E-state index contributed by atoms with van der Waals surface area (Å²) in [6.45, 7) is 0.913. The number of hydrogen-bond donors (Lipinski definition) is 1. The largest absolute Gasteiger partial charge is 0.467 e. The molecule has 1 aromatic carbocycles. The summed E-state index contributed by atoms with van der Waals surface area (Å²) in [5.74, 6) is 0.809. The van der Waals surface area contributed by atoms with Gasteiger partial charge in [0.2, 0.25) is 0 Å². The lowest BCUT2D eigenvalue weighted by molar-refractivity contribution is -0.0164. The van der Waals surface area contributed by atoms with E-state index in [4.69, 9.17) is 26.2 Å². The van der Waals surface area contributed by atoms with Gasteiger partial charge in [0.25, 0.3) is 0 Å². The van der Waals surface area contributed by atoms with Crippen LogP contribution < -0.4 is 4.74 Å². The Hall–Kier alpha value is -0.770. The molecule has 0 saturated heterocycles. The molecule has 0 bridgehead atoms. The second-order valence-electron chi connectivity index (χ2n) is 3.14. The molecule has 4 heteroatoms. The maximum Gasteiger partial charge on any atom is 0.189 e. The molecule has 0 saturated carbocycles. The number of rotatable bonds is 2. The predicted octanol–water partition coefficient (Wildman–Crippen LogP) is 1.74. The topological polar surface area (TPSA) is 38.7 Å². The zero-order valence-corrected chi connectivity index (χ0v) is 8.38. The van der Waals surface area contributed by atoms with Crippen LogP contribution in [0.1, 0.15) is 11.1 Å². The molecular weight excluding hydrogens is 204 g/mol. The molecule has 0 atom stereocenters. The van der Waals surface area contributed by atoms with Crippen LogP contribution in [0.5, 0.6) is 5.75 Å². The van der Waals surface area contributed by atoms with E-state index in [2.05, 4.69) is 0 Å². The van der Waals surface area contributed by atoms with Crippen LogP contribution in [0.25, 0.3) is 0 Å². The lowest BCUT2D eigenvalue weighted by atomic mass is 10.1. The average Bonchev–Trinajstić information content (AvgIpc) is 2.19. The minimum Gasteiger partial charge on any atom is -0.467 e. The van der Waals surface area contributed by atoms with E-state index in [1.54, 1.807) is 0 Å². The van der Waals surface area contributed by atoms with Gasteiger partial charge in [0, 0.05) is 17.2 Å². The van der Waals surface area contributed by atoms with Gasteiger partial charge in [-0.1, -0.05) is 11.6 Å². The molecule has 0 amide bonds. The van der Waals surface area contributed by atoms with Crippen molar-refractivity contribution in [2.45, 2.75) is 13.0 Å². The van der Waals surface area contributed by atoms with Gasteiger partial charge < -0.3 is 14.6 Å². The third-order valence-corrected chi connectivity index (χ3v) is 2.52. The van der Waals surface area contributed by atoms with Gasteiger partial charge in [0.15, 0.2) is 6.79 Å². The van der Waals surface area contributed by atoms with E-state index >= 15 is 0 Å². The summed E-state index contributed by atoms with van der Waals surface area (Å²) in [6.07, 6.45) is 0.552. The molecule has 2 rings (SSSR count). The average molecular weight is 215 g/mol. The Morgan fingerprint density at radius 3 is 3.07 bits per heavy atom. The Morgan fingerprint density at radius 1 is 1.43 bits per heavy atom. The Labute approximate surface area is 87.2 Å². The molecule has 0 spiro atoms. The van der Waals surface area contributed by atoms with Gasteiger partial charge in [-0.05, 0) is 24.1 Å². The van der Waals surface area contributed by atoms with Crippen molar-refractivity contribution in [2.24, 2.45) is 0 Å². The summed E-state index contributed by atoms with van der Waals surface area (Å²) in [6, 6.07) is 3.71. The molecule has 14 heavy (non-hydrogen) atoms. The van der Waals surface area contributed by atoms with Crippen LogP contribution in [-0.2, 0) is 17.8 Å². The monoisotopic (exact) mass is 214 g/mol. The molecule has 1 N–H and O–H groups in total. The van der Waals surface area contributed by atoms with E-state index in [9.17, 15) is 0 Å². The summed E-state index contributed by atoms with van der Waals surface area (Å²) in [5.41, 5.74) is 1.87. The predicted molar refractivity (Wildman–Crippen MR) is 52.5 cm³/mol. The molecule has 0 radical (unpaired) electrons. The first-order chi connectivity index (χ1) is 6.81. The van der Waals surface area contributed by atoms with E-state index in [0.717, 1.165) is 16.9 Å². The fraction of sp³-hybridized carbons (Fsp3) is 0.400. The van der Waals surface area contributed by atoms with Crippen LogP contribution in [-0.4, -0.2) is 18.5 Å². The zero-order valence-electron chi connectivity index (χ0n) is 7.62. The third kappa shape index (κ3) is 1.85. The highest BCUT2D eigenvalue weighted by Crippen LogP contribution is 2.30. The molecule has 1 aliphatic rings. The van der Waals surface area contributed by atoms with Gasteiger partial charge in [0.1, 0.15) is 5.75 Å². The van der Waals surface area contributed by atoms with Crippen molar-refractivity contribution < 1.29 is 14.6 Å². The number of aliphatic hydroxyl groups excluding tert-OH is 1. The Balaban J connectivity index is 2.35. The molecule has 1 heterocycles. The number of halogens is 1. The normalized spacial score (nSPS) is 14.7. The van der Waals surface area contributed by atoms with E-state index in [0.29, 0.717) is 18.1 Å². The third-order valence-electron chi connectivity index (χ3n) is 2.17. The van der Waals surface area contributed by atoms with Crippen molar-refractivity contribution in [3.05, 3.63) is 28.3 Å². The van der Waals surface area contributed by atoms with Crippen LogP contribution in [0, 0.1) is 0 Å². The first-order valence-electron chi connectivity index (χ1n) is 4.44. The number of hydrogen-bond acceptors (Lipinski definition) is 3. The lowest BCUT2D eigenvalue weighted by Gasteiger charge is -2.19. The van der Waals surface area contributed by atoms with Crippen molar-refractivity contribution in [3.8, 4) is 5.75 Å². The SMILES string of the molecule is OCCc1cc2c(cc1Cl)COCO2. The fourth-order valence-electron chi connectivity index (χ4n) is 1.45. The number of ether oxygens (including phenoxy) is 2. The van der Waals surface area contributed by atoms with Gasteiger partial charge in [-0.2, -0.15) is 0 Å². The van der Waals surface area contributed by atoms with E-state index in [-0.39, 0.29) is 13.4 Å². The van der Waals surface area contributed by atoms with E-state index in [1.807, 2.05) is 12.1 Å². The highest BCUT2D eigenvalue weighted by Gasteiger charge is 2.13. The first kappa shape index (κ1) is 9.77. The van der Waals surface area contributed by atoms with Crippen molar-refractivity contribution >= 4 is 11.6 Å². The second-order valence-corrected chi connectivity index (χ2v) is 3.54. The minimum atomic E-state index is 0.0923. The van der Waals surface area contributed by atoms with Gasteiger partial charge >= 0.3 is 0 Å². The maximum absolute atomic E-state index is 8.82. The van der Waals surface area contributed by atoms with Crippen molar-refractivity contribution in [1.82, 2.24) is 0 Å². The van der Waals surface area contributed by atoms with Crippen LogP contribution in [0.15, 0.2) is 12.1 Å². The first-order valence-corrected chi connectivity index (χ1v) is 4.82. The highest BCUT2D eigenvalue weighted by atomic mass is 35.5. The molecule has 0 fully saturated rings. The zero-order chi connectivity index (χ0) is 9.97. The van der Waals surface area contributed by atoms with Crippen molar-refractivity contribution in [3.63, 3.8) is 0 Å². The molecule has 0 aromatic heterocycles. The van der Waals surface area contributed by atoms with Crippen LogP contribution in [0.4, 0.5) is 0 Å². The maximum atomic E-state index is 8.82. The van der Waals surface area contributed by atoms with E-state index in [1.165, 1.54) is 0 Å². The second kappa shape index (κ2) is 4.17. The van der Waals surface area contributed by atoms with Gasteiger partial charge in [-0.3, -0.25) is 0 Å². The molecule has 76 valence electrons. The highest BCUT2D eigenvalue weighted by molar-refractivity contribution is 6.31. The molecular formula is C10H11ClO3. The summed E-state index contributed by atoms with van der Waals surface area (Å²) >= 11 is 6.02. The lowest BCUT2D eigenvalue weighted by Crippen LogP contribution is -2.11. The summed E-state index contributed by atoms with van der Waals surface area (Å²) in [5, 5.41) is 9.48. The summed E-state index contributed by atoms with van der Waals surface area (Å²) < 4.78 is 10.4. The van der Waals surface area contributed by atoms with Gasteiger partial charge in [-0.15, -0.1) is 0 Å². The Bertz CT molecular complexity index is 338. The smallest absolute Gasteiger partial charge is 0.189 e. The molecule has 0 aliphatic carbocycles. The Morgan fingerprint density at radius 2 is 2.29 bits per heavy atom. The summed E-state index contributed by atoms with van der Waals surface area (Å²) in [7, 11) is 0. The number of aliphatic hydroxyl groups is 1. The fourth-order valence-corrected chi connectivity index (χ4v) is 1.73. The number of fused-ring (bicyclic) bond motifs is 1. The molecule has 0 unspecified atom stereocenters. The van der Waals surface area contributed by atoms with Gasteiger partial charge in [0.05, 0.1) is 6.61 Å². The quantitative estimate of drug-likeness (QED) is 0.815. The molecule has 3 nitrogen and oxygen atoms in total. The van der Waals surface area contributed by atoms with Crippen molar-refractivity contribution in [1.29, 1.82) is 0 Å². The van der Waals surface area contributed by atoms with Crippen LogP contribution >= 0.6 is 11.6 Å². The van der Waals surface area contributed by atoms with Crippen LogP contribution in [0.3, 0.4) is 0 Å². The molecule has 1 aliphatic heterocycles. The van der Waals surface area contributed by atoms with Crippen molar-refractivity contribution in [2.75, 3.05) is 13.4 Å². The number of benzene rings is 1.